The Morgan fingerprint density at radius 3 is 2.45 bits per heavy atom. The highest BCUT2D eigenvalue weighted by Crippen LogP contribution is 2.46. The van der Waals surface area contributed by atoms with Crippen LogP contribution in [0.1, 0.15) is 42.6 Å². The second kappa shape index (κ2) is 8.13. The van der Waals surface area contributed by atoms with Crippen molar-refractivity contribution in [1.29, 1.82) is 0 Å². The van der Waals surface area contributed by atoms with Gasteiger partial charge in [-0.05, 0) is 50.5 Å². The average molecular weight is 426 g/mol. The zero-order valence-corrected chi connectivity index (χ0v) is 18.2. The first kappa shape index (κ1) is 21.0. The number of hydrogen-bond donors (Lipinski definition) is 0. The maximum absolute atomic E-state index is 12.1. The van der Waals surface area contributed by atoms with Gasteiger partial charge in [0.1, 0.15) is 18.8 Å². The molecule has 7 nitrogen and oxygen atoms in total. The predicted octanol–water partition coefficient (Wildman–Crippen LogP) is 4.15. The van der Waals surface area contributed by atoms with Crippen molar-refractivity contribution in [3.05, 3.63) is 41.5 Å². The van der Waals surface area contributed by atoms with Crippen LogP contribution in [0.5, 0.6) is 17.2 Å². The van der Waals surface area contributed by atoms with Gasteiger partial charge < -0.3 is 23.7 Å². The second-order valence-electron chi connectivity index (χ2n) is 8.33. The molecular weight excluding hydrogens is 400 g/mol. The molecule has 1 fully saturated rings. The van der Waals surface area contributed by atoms with Crippen LogP contribution in [0.2, 0.25) is 0 Å². The third-order valence-corrected chi connectivity index (χ3v) is 5.39. The normalized spacial score (nSPS) is 15.2. The molecule has 0 aromatic heterocycles. The fourth-order valence-corrected chi connectivity index (χ4v) is 3.61. The Balaban J connectivity index is 1.71. The lowest BCUT2D eigenvalue weighted by atomic mass is 9.95. The van der Waals surface area contributed by atoms with Crippen molar-refractivity contribution < 1.29 is 33.3 Å². The van der Waals surface area contributed by atoms with Crippen molar-refractivity contribution in [2.24, 2.45) is 5.92 Å². The van der Waals surface area contributed by atoms with E-state index in [1.807, 2.05) is 32.0 Å². The molecule has 31 heavy (non-hydrogen) atoms. The summed E-state index contributed by atoms with van der Waals surface area (Å²) in [6, 6.07) is 9.11. The fraction of sp³-hybridized carbons (Fsp3) is 0.417. The van der Waals surface area contributed by atoms with Crippen LogP contribution in [0.3, 0.4) is 0 Å². The average Bonchev–Trinajstić information content (AvgIpc) is 3.54. The number of carbonyl (C=O) groups is 2. The van der Waals surface area contributed by atoms with Gasteiger partial charge in [-0.2, -0.15) is 0 Å². The second-order valence-corrected chi connectivity index (χ2v) is 8.33. The molecule has 0 spiro atoms. The molecule has 2 aromatic rings. The number of methoxy groups -OCH3 is 2. The fourth-order valence-electron chi connectivity index (χ4n) is 3.61. The van der Waals surface area contributed by atoms with Crippen molar-refractivity contribution >= 4 is 11.9 Å². The Morgan fingerprint density at radius 1 is 1.03 bits per heavy atom. The number of hydrogen-bond acceptors (Lipinski definition) is 7. The SMILES string of the molecule is COc1ccc(-c2cccc3c2COC3=O)c(OCC(C)(C)OC(=O)C2CC2)c1OC. The molecule has 0 amide bonds. The lowest BCUT2D eigenvalue weighted by Gasteiger charge is -2.27. The van der Waals surface area contributed by atoms with E-state index < -0.39 is 5.60 Å². The third kappa shape index (κ3) is 4.17. The van der Waals surface area contributed by atoms with E-state index in [2.05, 4.69) is 0 Å². The van der Waals surface area contributed by atoms with E-state index in [1.54, 1.807) is 19.2 Å². The molecule has 1 aliphatic carbocycles. The number of esters is 2. The van der Waals surface area contributed by atoms with Gasteiger partial charge in [0.25, 0.3) is 0 Å². The van der Waals surface area contributed by atoms with Crippen molar-refractivity contribution in [3.63, 3.8) is 0 Å². The molecule has 0 unspecified atom stereocenters. The maximum atomic E-state index is 12.1. The Hall–Kier alpha value is -3.22. The largest absolute Gasteiger partial charge is 0.493 e. The van der Waals surface area contributed by atoms with Crippen LogP contribution >= 0.6 is 0 Å². The molecule has 4 rings (SSSR count). The van der Waals surface area contributed by atoms with E-state index in [-0.39, 0.29) is 31.1 Å². The predicted molar refractivity (Wildman–Crippen MR) is 112 cm³/mol. The van der Waals surface area contributed by atoms with E-state index >= 15 is 0 Å². The van der Waals surface area contributed by atoms with Crippen LogP contribution in [0.4, 0.5) is 0 Å². The highest BCUT2D eigenvalue weighted by molar-refractivity contribution is 5.96. The highest BCUT2D eigenvalue weighted by Gasteiger charge is 2.36. The van der Waals surface area contributed by atoms with Crippen molar-refractivity contribution in [1.82, 2.24) is 0 Å². The zero-order valence-electron chi connectivity index (χ0n) is 18.2. The van der Waals surface area contributed by atoms with E-state index in [0.29, 0.717) is 22.8 Å². The van der Waals surface area contributed by atoms with E-state index in [1.165, 1.54) is 7.11 Å². The Bertz CT molecular complexity index is 1020. The minimum atomic E-state index is -0.831. The number of cyclic esters (lactones) is 1. The lowest BCUT2D eigenvalue weighted by molar-refractivity contribution is -0.160. The van der Waals surface area contributed by atoms with Gasteiger partial charge in [-0.1, -0.05) is 12.1 Å². The van der Waals surface area contributed by atoms with Gasteiger partial charge in [0.2, 0.25) is 5.75 Å². The van der Waals surface area contributed by atoms with Crippen LogP contribution in [-0.2, 0) is 20.9 Å². The highest BCUT2D eigenvalue weighted by atomic mass is 16.6. The Kier molecular flexibility index (Phi) is 5.52. The van der Waals surface area contributed by atoms with Gasteiger partial charge in [0.15, 0.2) is 11.5 Å². The summed E-state index contributed by atoms with van der Waals surface area (Å²) >= 11 is 0. The van der Waals surface area contributed by atoms with E-state index in [9.17, 15) is 9.59 Å². The lowest BCUT2D eigenvalue weighted by Crippen LogP contribution is -2.35. The minimum Gasteiger partial charge on any atom is -0.493 e. The smallest absolute Gasteiger partial charge is 0.338 e. The number of fused-ring (bicyclic) bond motifs is 1. The molecule has 0 atom stereocenters. The monoisotopic (exact) mass is 426 g/mol. The number of benzene rings is 2. The van der Waals surface area contributed by atoms with Gasteiger partial charge in [0, 0.05) is 11.1 Å². The summed E-state index contributed by atoms with van der Waals surface area (Å²) in [5, 5.41) is 0. The third-order valence-electron chi connectivity index (χ3n) is 5.39. The zero-order chi connectivity index (χ0) is 22.2. The molecule has 0 N–H and O–H groups in total. The van der Waals surface area contributed by atoms with Crippen LogP contribution in [0, 0.1) is 5.92 Å². The van der Waals surface area contributed by atoms with Crippen LogP contribution in [-0.4, -0.2) is 38.4 Å². The standard InChI is InChI=1S/C24H26O7/c1-24(2,31-22(25)14-8-9-14)13-30-20-16(10-11-19(27-3)21(20)28-4)15-6-5-7-17-18(15)12-29-23(17)26/h5-7,10-11,14H,8-9,12-13H2,1-4H3. The van der Waals surface area contributed by atoms with Crippen LogP contribution in [0.15, 0.2) is 30.3 Å². The number of rotatable bonds is 8. The van der Waals surface area contributed by atoms with Gasteiger partial charge >= 0.3 is 11.9 Å². The van der Waals surface area contributed by atoms with Gasteiger partial charge in [-0.15, -0.1) is 0 Å². The van der Waals surface area contributed by atoms with Crippen LogP contribution in [0.25, 0.3) is 11.1 Å². The summed E-state index contributed by atoms with van der Waals surface area (Å²) in [6.07, 6.45) is 1.76. The van der Waals surface area contributed by atoms with Gasteiger partial charge in [-0.3, -0.25) is 4.79 Å². The molecule has 0 saturated heterocycles. The van der Waals surface area contributed by atoms with E-state index in [4.69, 9.17) is 23.7 Å². The van der Waals surface area contributed by atoms with Crippen molar-refractivity contribution in [2.75, 3.05) is 20.8 Å². The van der Waals surface area contributed by atoms with Gasteiger partial charge in [0.05, 0.1) is 25.7 Å². The minimum absolute atomic E-state index is 0.00522. The van der Waals surface area contributed by atoms with Gasteiger partial charge in [-0.25, -0.2) is 4.79 Å². The molecule has 1 heterocycles. The summed E-state index contributed by atoms with van der Waals surface area (Å²) < 4.78 is 28.1. The molecular formula is C24H26O7. The molecule has 1 aliphatic heterocycles. The summed E-state index contributed by atoms with van der Waals surface area (Å²) in [7, 11) is 3.09. The first-order valence-electron chi connectivity index (χ1n) is 10.2. The molecule has 164 valence electrons. The van der Waals surface area contributed by atoms with E-state index in [0.717, 1.165) is 29.5 Å². The Morgan fingerprint density at radius 2 is 1.77 bits per heavy atom. The molecule has 2 aromatic carbocycles. The Labute approximate surface area is 181 Å². The quantitative estimate of drug-likeness (QED) is 0.587. The molecule has 0 radical (unpaired) electrons. The first-order valence-corrected chi connectivity index (χ1v) is 10.2. The summed E-state index contributed by atoms with van der Waals surface area (Å²) in [5.74, 6) is 0.854. The molecule has 1 saturated carbocycles. The van der Waals surface area contributed by atoms with Crippen molar-refractivity contribution in [2.45, 2.75) is 38.9 Å². The topological polar surface area (TPSA) is 80.3 Å². The summed E-state index contributed by atoms with van der Waals surface area (Å²) in [5.41, 5.74) is 2.05. The number of ether oxygens (including phenoxy) is 5. The molecule has 0 bridgehead atoms. The van der Waals surface area contributed by atoms with Crippen molar-refractivity contribution in [3.8, 4) is 28.4 Å². The maximum Gasteiger partial charge on any atom is 0.338 e. The number of carbonyl (C=O) groups excluding carboxylic acids is 2. The first-order chi connectivity index (χ1) is 14.8. The molecule has 2 aliphatic rings. The summed E-state index contributed by atoms with van der Waals surface area (Å²) in [4.78, 5) is 24.2. The molecule has 7 heteroatoms. The summed E-state index contributed by atoms with van der Waals surface area (Å²) in [6.45, 7) is 3.94. The van der Waals surface area contributed by atoms with Crippen LogP contribution < -0.4 is 14.2 Å².